The summed E-state index contributed by atoms with van der Waals surface area (Å²) in [4.78, 5) is 72.5. The molecule has 2 unspecified atom stereocenters. The molecule has 92 heavy (non-hydrogen) atoms. The Morgan fingerprint density at radius 3 is 0.739 bits per heavy atom. The molecule has 0 saturated carbocycles. The average molecular weight is 1350 g/mol. The Morgan fingerprint density at radius 2 is 0.500 bits per heavy atom. The molecule has 0 fully saturated rings. The summed E-state index contributed by atoms with van der Waals surface area (Å²) in [7, 11) is -9.90. The van der Waals surface area contributed by atoms with Crippen LogP contribution in [0.25, 0.3) is 0 Å². The number of hydrogen-bond acceptors (Lipinski definition) is 15. The van der Waals surface area contributed by atoms with E-state index in [1.165, 1.54) is 186 Å². The van der Waals surface area contributed by atoms with Gasteiger partial charge < -0.3 is 33.8 Å². The highest BCUT2D eigenvalue weighted by atomic mass is 31.2. The lowest BCUT2D eigenvalue weighted by Gasteiger charge is -2.21. The molecule has 0 bridgehead atoms. The minimum absolute atomic E-state index is 0.103. The van der Waals surface area contributed by atoms with Gasteiger partial charge in [-0.2, -0.15) is 0 Å². The van der Waals surface area contributed by atoms with Crippen molar-refractivity contribution >= 4 is 39.5 Å². The zero-order valence-electron chi connectivity index (χ0n) is 59.9. The Labute approximate surface area is 562 Å². The molecule has 0 radical (unpaired) electrons. The average Bonchev–Trinajstić information content (AvgIpc) is 2.82. The number of rotatable bonds is 72. The predicted octanol–water partition coefficient (Wildman–Crippen LogP) is 21.2. The standard InChI is InChI=1S/C73H142O17P2/c1-7-9-11-13-15-17-18-19-20-21-22-23-24-25-30-33-39-45-51-57-72(77)89-68(62-84-71(76)56-50-44-38-32-29-27-26-28-31-35-41-47-53-65(3)4)63-87-91(79,80)85-59-67(74)60-86-92(81,82)88-64-69(61-83-70(75)55-49-43-37-16-14-12-10-8-2)90-73(78)58-52-46-40-34-36-42-48-54-66(5)6/h65-69,74H,7-64H2,1-6H3,(H,79,80)(H,81,82)/t67-,68-,69-/m1/s1. The highest BCUT2D eigenvalue weighted by Gasteiger charge is 2.30. The molecule has 546 valence electrons. The normalized spacial score (nSPS) is 14.1. The van der Waals surface area contributed by atoms with Gasteiger partial charge in [-0.1, -0.05) is 324 Å². The van der Waals surface area contributed by atoms with Gasteiger partial charge in [-0.15, -0.1) is 0 Å². The summed E-state index contributed by atoms with van der Waals surface area (Å²) < 4.78 is 68.3. The van der Waals surface area contributed by atoms with Crippen LogP contribution in [0.5, 0.6) is 0 Å². The number of hydrogen-bond donors (Lipinski definition) is 3. The molecule has 3 N–H and O–H groups in total. The van der Waals surface area contributed by atoms with Crippen LogP contribution < -0.4 is 0 Å². The summed E-state index contributed by atoms with van der Waals surface area (Å²) in [6, 6.07) is 0. The van der Waals surface area contributed by atoms with E-state index in [0.29, 0.717) is 31.6 Å². The van der Waals surface area contributed by atoms with Gasteiger partial charge in [-0.05, 0) is 37.5 Å². The summed E-state index contributed by atoms with van der Waals surface area (Å²) in [5.41, 5.74) is 0. The molecular formula is C73H142O17P2. The fourth-order valence-corrected chi connectivity index (χ4v) is 12.7. The smallest absolute Gasteiger partial charge is 0.462 e. The third kappa shape index (κ3) is 66.7. The van der Waals surface area contributed by atoms with Crippen molar-refractivity contribution in [2.45, 2.75) is 394 Å². The molecule has 0 amide bonds. The molecule has 0 aliphatic carbocycles. The molecule has 0 aromatic rings. The van der Waals surface area contributed by atoms with Gasteiger partial charge in [0.1, 0.15) is 19.3 Å². The van der Waals surface area contributed by atoms with Gasteiger partial charge in [0.25, 0.3) is 0 Å². The maximum atomic E-state index is 13.1. The molecule has 19 heteroatoms. The Balaban J connectivity index is 5.19. The fourth-order valence-electron chi connectivity index (χ4n) is 11.1. The maximum absolute atomic E-state index is 13.1. The van der Waals surface area contributed by atoms with E-state index in [1.807, 2.05) is 0 Å². The number of phosphoric ester groups is 2. The van der Waals surface area contributed by atoms with E-state index in [1.54, 1.807) is 0 Å². The van der Waals surface area contributed by atoms with E-state index in [9.17, 15) is 43.2 Å². The second kappa shape index (κ2) is 65.0. The lowest BCUT2D eigenvalue weighted by Crippen LogP contribution is -2.30. The zero-order chi connectivity index (χ0) is 67.9. The number of carbonyl (C=O) groups excluding carboxylic acids is 4. The first-order valence-corrected chi connectivity index (χ1v) is 41.0. The molecule has 5 atom stereocenters. The first-order valence-electron chi connectivity index (χ1n) is 38.0. The molecule has 0 aromatic heterocycles. The minimum atomic E-state index is -4.95. The number of carbonyl (C=O) groups is 4. The number of unbranched alkanes of at least 4 members (excludes halogenated alkanes) is 42. The molecule has 0 heterocycles. The summed E-state index contributed by atoms with van der Waals surface area (Å²) in [5.74, 6) is -0.647. The monoisotopic (exact) mass is 1350 g/mol. The van der Waals surface area contributed by atoms with Crippen LogP contribution in [0.4, 0.5) is 0 Å². The van der Waals surface area contributed by atoms with Crippen molar-refractivity contribution in [3.63, 3.8) is 0 Å². The van der Waals surface area contributed by atoms with Crippen molar-refractivity contribution in [1.82, 2.24) is 0 Å². The number of ether oxygens (including phenoxy) is 4. The van der Waals surface area contributed by atoms with Crippen molar-refractivity contribution in [3.05, 3.63) is 0 Å². The van der Waals surface area contributed by atoms with Crippen LogP contribution >= 0.6 is 15.6 Å². The fraction of sp³-hybridized carbons (Fsp3) is 0.945. The Kier molecular flexibility index (Phi) is 63.7. The Hall–Kier alpha value is -1.94. The lowest BCUT2D eigenvalue weighted by atomic mass is 10.0. The van der Waals surface area contributed by atoms with Gasteiger partial charge in [0.15, 0.2) is 12.2 Å². The maximum Gasteiger partial charge on any atom is 0.472 e. The molecule has 0 aliphatic rings. The SMILES string of the molecule is CCCCCCCCCCCCCCCCCCCCCC(=O)O[C@H](COC(=O)CCCCCCCCCCCCCCC(C)C)COP(=O)(O)OC[C@@H](O)COP(=O)(O)OC[C@@H](COC(=O)CCCCCCCCCC)OC(=O)CCCCCCCCCC(C)C. The van der Waals surface area contributed by atoms with E-state index < -0.39 is 97.5 Å². The van der Waals surface area contributed by atoms with Crippen molar-refractivity contribution in [2.75, 3.05) is 39.6 Å². The topological polar surface area (TPSA) is 237 Å². The molecule has 0 spiro atoms. The zero-order valence-corrected chi connectivity index (χ0v) is 61.6. The molecule has 0 saturated heterocycles. The molecule has 17 nitrogen and oxygen atoms in total. The highest BCUT2D eigenvalue weighted by Crippen LogP contribution is 2.45. The third-order valence-corrected chi connectivity index (χ3v) is 18.9. The van der Waals surface area contributed by atoms with Gasteiger partial charge in [0.2, 0.25) is 0 Å². The van der Waals surface area contributed by atoms with Crippen LogP contribution in [0.3, 0.4) is 0 Å². The second-order valence-electron chi connectivity index (χ2n) is 27.3. The van der Waals surface area contributed by atoms with Crippen molar-refractivity contribution < 1.29 is 80.2 Å². The van der Waals surface area contributed by atoms with E-state index in [0.717, 1.165) is 102 Å². The third-order valence-electron chi connectivity index (χ3n) is 17.0. The molecule has 0 rings (SSSR count). The minimum Gasteiger partial charge on any atom is -0.462 e. The van der Waals surface area contributed by atoms with Gasteiger partial charge in [0.05, 0.1) is 26.4 Å². The predicted molar refractivity (Wildman–Crippen MR) is 372 cm³/mol. The summed E-state index contributed by atoms with van der Waals surface area (Å²) in [6.07, 6.45) is 51.6. The summed E-state index contributed by atoms with van der Waals surface area (Å²) in [6.45, 7) is 9.49. The van der Waals surface area contributed by atoms with Crippen LogP contribution in [0.1, 0.15) is 375 Å². The van der Waals surface area contributed by atoms with E-state index in [-0.39, 0.29) is 25.7 Å². The molecule has 0 aromatic carbocycles. The van der Waals surface area contributed by atoms with E-state index >= 15 is 0 Å². The molecule has 0 aliphatic heterocycles. The van der Waals surface area contributed by atoms with Gasteiger partial charge in [0, 0.05) is 25.7 Å². The molecular weight excluding hydrogens is 1210 g/mol. The number of aliphatic hydroxyl groups is 1. The quantitative estimate of drug-likeness (QED) is 0.0222. The van der Waals surface area contributed by atoms with Crippen LogP contribution in [0.15, 0.2) is 0 Å². The van der Waals surface area contributed by atoms with Crippen molar-refractivity contribution in [2.24, 2.45) is 11.8 Å². The van der Waals surface area contributed by atoms with E-state index in [2.05, 4.69) is 41.5 Å². The van der Waals surface area contributed by atoms with Crippen molar-refractivity contribution in [3.8, 4) is 0 Å². The van der Waals surface area contributed by atoms with Gasteiger partial charge in [-0.25, -0.2) is 9.13 Å². The van der Waals surface area contributed by atoms with Gasteiger partial charge >= 0.3 is 39.5 Å². The van der Waals surface area contributed by atoms with Crippen LogP contribution in [-0.4, -0.2) is 96.7 Å². The summed E-state index contributed by atoms with van der Waals surface area (Å²) >= 11 is 0. The Morgan fingerprint density at radius 1 is 0.293 bits per heavy atom. The number of esters is 4. The van der Waals surface area contributed by atoms with Crippen molar-refractivity contribution in [1.29, 1.82) is 0 Å². The number of phosphoric acid groups is 2. The summed E-state index contributed by atoms with van der Waals surface area (Å²) in [5, 5.41) is 10.6. The highest BCUT2D eigenvalue weighted by molar-refractivity contribution is 7.47. The van der Waals surface area contributed by atoms with Gasteiger partial charge in [-0.3, -0.25) is 37.3 Å². The van der Waals surface area contributed by atoms with E-state index in [4.69, 9.17) is 37.0 Å². The first-order chi connectivity index (χ1) is 44.4. The number of aliphatic hydroxyl groups excluding tert-OH is 1. The van der Waals surface area contributed by atoms with Crippen LogP contribution in [-0.2, 0) is 65.4 Å². The van der Waals surface area contributed by atoms with Crippen LogP contribution in [0.2, 0.25) is 0 Å². The largest absolute Gasteiger partial charge is 0.472 e. The lowest BCUT2D eigenvalue weighted by molar-refractivity contribution is -0.161. The van der Waals surface area contributed by atoms with Crippen LogP contribution in [0, 0.1) is 11.8 Å². The Bertz CT molecular complexity index is 1790. The second-order valence-corrected chi connectivity index (χ2v) is 30.2. The first kappa shape index (κ1) is 90.1.